The van der Waals surface area contributed by atoms with Gasteiger partial charge in [-0.25, -0.2) is 9.89 Å². The molecule has 2 atom stereocenters. The smallest absolute Gasteiger partial charge is 0.343 e. The lowest BCUT2D eigenvalue weighted by Crippen LogP contribution is -2.43. The van der Waals surface area contributed by atoms with Crippen molar-refractivity contribution < 1.29 is 4.79 Å². The molecule has 2 aromatic heterocycles. The molecule has 7 heteroatoms. The Bertz CT molecular complexity index is 823. The van der Waals surface area contributed by atoms with E-state index >= 15 is 0 Å². The molecule has 1 fully saturated rings. The number of pyridine rings is 1. The summed E-state index contributed by atoms with van der Waals surface area (Å²) in [5, 5.41) is 9.73. The molecule has 2 heterocycles. The number of carbonyl (C=O) groups is 1. The lowest BCUT2D eigenvalue weighted by Gasteiger charge is -2.31. The highest BCUT2D eigenvalue weighted by Gasteiger charge is 2.28. The van der Waals surface area contributed by atoms with Crippen molar-refractivity contribution in [2.75, 3.05) is 0 Å². The first-order valence-electron chi connectivity index (χ1n) is 8.80. The summed E-state index contributed by atoms with van der Waals surface area (Å²) in [5.74, 6) is 0.884. The summed E-state index contributed by atoms with van der Waals surface area (Å²) in [5.41, 5.74) is 2.39. The molecule has 0 saturated heterocycles. The summed E-state index contributed by atoms with van der Waals surface area (Å²) >= 11 is 0. The number of H-pyrrole nitrogens is 1. The molecule has 1 aliphatic rings. The Balaban J connectivity index is 1.72. The summed E-state index contributed by atoms with van der Waals surface area (Å²) in [7, 11) is 1.72. The largest absolute Gasteiger partial charge is 0.348 e. The highest BCUT2D eigenvalue weighted by Crippen LogP contribution is 2.27. The van der Waals surface area contributed by atoms with E-state index in [-0.39, 0.29) is 23.6 Å². The zero-order valence-corrected chi connectivity index (χ0v) is 15.0. The van der Waals surface area contributed by atoms with Gasteiger partial charge in [-0.1, -0.05) is 12.8 Å². The van der Waals surface area contributed by atoms with Crippen LogP contribution in [-0.4, -0.2) is 31.7 Å². The van der Waals surface area contributed by atoms with Crippen LogP contribution in [0.1, 0.15) is 53.1 Å². The van der Waals surface area contributed by atoms with Crippen molar-refractivity contribution in [2.24, 2.45) is 13.0 Å². The molecule has 1 amide bonds. The van der Waals surface area contributed by atoms with Crippen LogP contribution in [0.2, 0.25) is 0 Å². The Kier molecular flexibility index (Phi) is 5.01. The molecule has 3 rings (SSSR count). The first-order valence-corrected chi connectivity index (χ1v) is 8.80. The maximum absolute atomic E-state index is 12.6. The van der Waals surface area contributed by atoms with Gasteiger partial charge in [0.15, 0.2) is 0 Å². The minimum Gasteiger partial charge on any atom is -0.348 e. The molecule has 0 aliphatic heterocycles. The molecule has 0 bridgehead atoms. The molecule has 0 radical (unpaired) electrons. The van der Waals surface area contributed by atoms with Crippen LogP contribution in [0, 0.1) is 19.8 Å². The van der Waals surface area contributed by atoms with Crippen LogP contribution in [0.4, 0.5) is 0 Å². The molecular weight excluding hydrogens is 318 g/mol. The Hall–Kier alpha value is -2.44. The second-order valence-electron chi connectivity index (χ2n) is 6.99. The number of rotatable bonds is 4. The average molecular weight is 343 g/mol. The Morgan fingerprint density at radius 3 is 2.76 bits per heavy atom. The van der Waals surface area contributed by atoms with Gasteiger partial charge in [0.25, 0.3) is 5.91 Å². The van der Waals surface area contributed by atoms with Crippen molar-refractivity contribution in [3.05, 3.63) is 45.4 Å². The number of aromatic nitrogens is 4. The Morgan fingerprint density at radius 2 is 2.08 bits per heavy atom. The quantitative estimate of drug-likeness (QED) is 0.883. The third-order valence-corrected chi connectivity index (χ3v) is 5.25. The maximum Gasteiger partial charge on any atom is 0.343 e. The van der Waals surface area contributed by atoms with Crippen molar-refractivity contribution in [1.82, 2.24) is 25.1 Å². The second-order valence-corrected chi connectivity index (χ2v) is 6.99. The molecule has 0 aromatic carbocycles. The van der Waals surface area contributed by atoms with Crippen LogP contribution >= 0.6 is 0 Å². The third-order valence-electron chi connectivity index (χ3n) is 5.25. The zero-order valence-electron chi connectivity index (χ0n) is 15.0. The number of nitrogens with one attached hydrogen (secondary N) is 2. The zero-order chi connectivity index (χ0) is 18.0. The van der Waals surface area contributed by atoms with Gasteiger partial charge >= 0.3 is 5.69 Å². The summed E-state index contributed by atoms with van der Waals surface area (Å²) in [6, 6.07) is 1.91. The second kappa shape index (κ2) is 7.21. The lowest BCUT2D eigenvalue weighted by atomic mass is 9.82. The van der Waals surface area contributed by atoms with E-state index < -0.39 is 0 Å². The van der Waals surface area contributed by atoms with E-state index in [1.165, 1.54) is 0 Å². The van der Waals surface area contributed by atoms with Crippen molar-refractivity contribution in [2.45, 2.75) is 52.0 Å². The molecule has 1 aliphatic carbocycles. The number of carbonyl (C=O) groups excluding carboxylic acids is 1. The van der Waals surface area contributed by atoms with Gasteiger partial charge in [-0.3, -0.25) is 14.3 Å². The Labute approximate surface area is 146 Å². The number of nitrogens with zero attached hydrogens (tertiary/aromatic N) is 3. The average Bonchev–Trinajstić information content (AvgIpc) is 2.91. The van der Waals surface area contributed by atoms with Gasteiger partial charge in [0, 0.05) is 25.7 Å². The van der Waals surface area contributed by atoms with Crippen molar-refractivity contribution >= 4 is 5.91 Å². The molecule has 25 heavy (non-hydrogen) atoms. The van der Waals surface area contributed by atoms with Gasteiger partial charge in [0.1, 0.15) is 11.5 Å². The van der Waals surface area contributed by atoms with E-state index in [1.807, 2.05) is 19.9 Å². The lowest BCUT2D eigenvalue weighted by molar-refractivity contribution is 0.0899. The van der Waals surface area contributed by atoms with Gasteiger partial charge in [-0.05, 0) is 49.8 Å². The topological polar surface area (TPSA) is 92.7 Å². The summed E-state index contributed by atoms with van der Waals surface area (Å²) in [6.07, 6.45) is 6.62. The van der Waals surface area contributed by atoms with E-state index in [0.717, 1.165) is 42.6 Å². The standard InChI is InChI=1S/C18H25N5O2/c1-11-8-15(19-10-12(11)2)17(24)20-14-7-5-4-6-13(14)9-16-21-22-18(25)23(16)3/h8,10,13-14H,4-7,9H2,1-3H3,(H,20,24)(H,22,25)/t13-,14-/m1/s1. The molecule has 0 unspecified atom stereocenters. The predicted octanol–water partition coefficient (Wildman–Crippen LogP) is 1.65. The fourth-order valence-electron chi connectivity index (χ4n) is 3.43. The fraction of sp³-hybridized carbons (Fsp3) is 0.556. The van der Waals surface area contributed by atoms with Gasteiger partial charge in [0.2, 0.25) is 0 Å². The predicted molar refractivity (Wildman–Crippen MR) is 94.5 cm³/mol. The highest BCUT2D eigenvalue weighted by atomic mass is 16.2. The van der Waals surface area contributed by atoms with Crippen LogP contribution in [-0.2, 0) is 13.5 Å². The van der Waals surface area contributed by atoms with Crippen molar-refractivity contribution in [3.8, 4) is 0 Å². The van der Waals surface area contributed by atoms with E-state index in [9.17, 15) is 9.59 Å². The third kappa shape index (κ3) is 3.81. The number of aryl methyl sites for hydroxylation is 2. The van der Waals surface area contributed by atoms with E-state index in [2.05, 4.69) is 20.5 Å². The fourth-order valence-corrected chi connectivity index (χ4v) is 3.43. The molecular formula is C18H25N5O2. The minimum atomic E-state index is -0.203. The van der Waals surface area contributed by atoms with E-state index in [4.69, 9.17) is 0 Å². The number of hydrogen-bond acceptors (Lipinski definition) is 4. The summed E-state index contributed by atoms with van der Waals surface area (Å²) in [6.45, 7) is 3.96. The van der Waals surface area contributed by atoms with Crippen molar-refractivity contribution in [3.63, 3.8) is 0 Å². The van der Waals surface area contributed by atoms with Crippen LogP contribution < -0.4 is 11.0 Å². The molecule has 134 valence electrons. The first-order chi connectivity index (χ1) is 12.0. The monoisotopic (exact) mass is 343 g/mol. The van der Waals surface area contributed by atoms with Crippen LogP contribution in [0.5, 0.6) is 0 Å². The highest BCUT2D eigenvalue weighted by molar-refractivity contribution is 5.92. The van der Waals surface area contributed by atoms with Gasteiger partial charge in [-0.15, -0.1) is 0 Å². The molecule has 2 N–H and O–H groups in total. The van der Waals surface area contributed by atoms with E-state index in [1.54, 1.807) is 17.8 Å². The summed E-state index contributed by atoms with van der Waals surface area (Å²) < 4.78 is 1.54. The normalized spacial score (nSPS) is 20.4. The van der Waals surface area contributed by atoms with Crippen LogP contribution in [0.25, 0.3) is 0 Å². The molecule has 1 saturated carbocycles. The maximum atomic E-state index is 12.6. The molecule has 0 spiro atoms. The molecule has 2 aromatic rings. The Morgan fingerprint density at radius 1 is 1.32 bits per heavy atom. The van der Waals surface area contributed by atoms with Gasteiger partial charge in [-0.2, -0.15) is 5.10 Å². The number of aromatic amines is 1. The first kappa shape index (κ1) is 17.4. The minimum absolute atomic E-state index is 0.0801. The SMILES string of the molecule is Cc1cnc(C(=O)N[C@@H]2CCCC[C@@H]2Cc2n[nH]c(=O)n2C)cc1C. The number of amides is 1. The van der Waals surface area contributed by atoms with Crippen molar-refractivity contribution in [1.29, 1.82) is 0 Å². The van der Waals surface area contributed by atoms with Crippen LogP contribution in [0.3, 0.4) is 0 Å². The van der Waals surface area contributed by atoms with E-state index in [0.29, 0.717) is 12.1 Å². The van der Waals surface area contributed by atoms with Gasteiger partial charge < -0.3 is 5.32 Å². The number of hydrogen-bond donors (Lipinski definition) is 2. The molecule has 7 nitrogen and oxygen atoms in total. The van der Waals surface area contributed by atoms with Gasteiger partial charge in [0.05, 0.1) is 0 Å². The van der Waals surface area contributed by atoms with Crippen LogP contribution in [0.15, 0.2) is 17.1 Å². The summed E-state index contributed by atoms with van der Waals surface area (Å²) in [4.78, 5) is 28.4.